The minimum atomic E-state index is -0.0309. The molecule has 35 heavy (non-hydrogen) atoms. The zero-order valence-electron chi connectivity index (χ0n) is 20.6. The molecule has 0 spiro atoms. The largest absolute Gasteiger partial charge is 0.497 e. The van der Waals surface area contributed by atoms with E-state index >= 15 is 0 Å². The van der Waals surface area contributed by atoms with E-state index in [1.807, 2.05) is 52.0 Å². The Morgan fingerprint density at radius 1 is 0.857 bits per heavy atom. The van der Waals surface area contributed by atoms with Gasteiger partial charge in [0, 0.05) is 50.3 Å². The lowest BCUT2D eigenvalue weighted by molar-refractivity contribution is 0.0741. The number of aryl methyl sites for hydroxylation is 2. The van der Waals surface area contributed by atoms with E-state index in [2.05, 4.69) is 41.9 Å². The van der Waals surface area contributed by atoms with Crippen molar-refractivity contribution in [3.05, 3.63) is 77.7 Å². The number of hydrogen-bond donors (Lipinski definition) is 0. The molecular formula is C28H30N4O3. The second-order valence-corrected chi connectivity index (χ2v) is 8.93. The first-order valence-electron chi connectivity index (χ1n) is 11.8. The van der Waals surface area contributed by atoms with Gasteiger partial charge in [-0.1, -0.05) is 6.07 Å². The third-order valence-electron chi connectivity index (χ3n) is 6.65. The van der Waals surface area contributed by atoms with E-state index in [1.165, 1.54) is 0 Å². The van der Waals surface area contributed by atoms with Gasteiger partial charge in [-0.15, -0.1) is 0 Å². The van der Waals surface area contributed by atoms with Crippen LogP contribution in [-0.2, 0) is 0 Å². The van der Waals surface area contributed by atoms with Crippen LogP contribution >= 0.6 is 0 Å². The van der Waals surface area contributed by atoms with Crippen LogP contribution in [0.5, 0.6) is 11.5 Å². The summed E-state index contributed by atoms with van der Waals surface area (Å²) in [6.45, 7) is 6.95. The fourth-order valence-corrected chi connectivity index (χ4v) is 4.84. The minimum absolute atomic E-state index is 0.0309. The summed E-state index contributed by atoms with van der Waals surface area (Å²) in [5.41, 5.74) is 6.70. The Morgan fingerprint density at radius 2 is 1.60 bits per heavy atom. The van der Waals surface area contributed by atoms with Gasteiger partial charge in [-0.2, -0.15) is 0 Å². The minimum Gasteiger partial charge on any atom is -0.497 e. The zero-order chi connectivity index (χ0) is 24.5. The first-order valence-corrected chi connectivity index (χ1v) is 11.8. The van der Waals surface area contributed by atoms with Gasteiger partial charge < -0.3 is 23.7 Å². The molecule has 1 amide bonds. The van der Waals surface area contributed by atoms with Crippen molar-refractivity contribution < 1.29 is 14.3 Å². The summed E-state index contributed by atoms with van der Waals surface area (Å²) >= 11 is 0. The van der Waals surface area contributed by atoms with E-state index in [0.29, 0.717) is 18.8 Å². The first kappa shape index (κ1) is 22.8. The topological polar surface area (TPSA) is 59.3 Å². The first-order chi connectivity index (χ1) is 17.0. The Morgan fingerprint density at radius 3 is 2.29 bits per heavy atom. The number of nitrogens with zero attached hydrogens (tertiary/aromatic N) is 4. The lowest BCUT2D eigenvalue weighted by Crippen LogP contribution is -2.48. The third kappa shape index (κ3) is 4.41. The third-order valence-corrected chi connectivity index (χ3v) is 6.65. The highest BCUT2D eigenvalue weighted by molar-refractivity contribution is 5.93. The molecule has 3 heterocycles. The van der Waals surface area contributed by atoms with Crippen LogP contribution in [0.4, 0.5) is 5.69 Å². The SMILES string of the molecule is COc1cccc(N2CCN(C(=O)c3cn4cc(-c5cc(C)c(OC)c(C)c5)ccc4n3)CC2)c1. The number of anilines is 1. The summed E-state index contributed by atoms with van der Waals surface area (Å²) < 4.78 is 12.8. The molecule has 0 aliphatic carbocycles. The second-order valence-electron chi connectivity index (χ2n) is 8.93. The smallest absolute Gasteiger partial charge is 0.274 e. The predicted molar refractivity (Wildman–Crippen MR) is 138 cm³/mol. The number of fused-ring (bicyclic) bond motifs is 1. The molecule has 0 unspecified atom stereocenters. The molecule has 1 fully saturated rings. The van der Waals surface area contributed by atoms with E-state index in [0.717, 1.165) is 58.2 Å². The van der Waals surface area contributed by atoms with Gasteiger partial charge in [-0.05, 0) is 72.5 Å². The molecule has 7 heteroatoms. The van der Waals surface area contributed by atoms with Crippen LogP contribution in [-0.4, -0.2) is 60.6 Å². The highest BCUT2D eigenvalue weighted by atomic mass is 16.5. The maximum absolute atomic E-state index is 13.2. The summed E-state index contributed by atoms with van der Waals surface area (Å²) in [6, 6.07) is 16.3. The molecular weight excluding hydrogens is 440 g/mol. The molecule has 0 atom stereocenters. The van der Waals surface area contributed by atoms with Crippen molar-refractivity contribution in [2.75, 3.05) is 45.3 Å². The van der Waals surface area contributed by atoms with Crippen LogP contribution in [0.15, 0.2) is 60.9 Å². The van der Waals surface area contributed by atoms with Crippen LogP contribution in [0.3, 0.4) is 0 Å². The number of imidazole rings is 1. The Hall–Kier alpha value is -4.00. The van der Waals surface area contributed by atoms with Crippen molar-refractivity contribution >= 4 is 17.2 Å². The normalized spacial score (nSPS) is 13.8. The fourth-order valence-electron chi connectivity index (χ4n) is 4.84. The number of carbonyl (C=O) groups is 1. The number of methoxy groups -OCH3 is 2. The number of aromatic nitrogens is 2. The zero-order valence-corrected chi connectivity index (χ0v) is 20.6. The van der Waals surface area contributed by atoms with Gasteiger partial charge in [0.05, 0.1) is 14.2 Å². The summed E-state index contributed by atoms with van der Waals surface area (Å²) in [4.78, 5) is 22.0. The number of amides is 1. The molecule has 1 aliphatic heterocycles. The number of rotatable bonds is 5. The monoisotopic (exact) mass is 470 g/mol. The van der Waals surface area contributed by atoms with Crippen LogP contribution < -0.4 is 14.4 Å². The number of pyridine rings is 1. The van der Waals surface area contributed by atoms with E-state index < -0.39 is 0 Å². The maximum Gasteiger partial charge on any atom is 0.274 e. The quantitative estimate of drug-likeness (QED) is 0.427. The Kier molecular flexibility index (Phi) is 6.07. The van der Waals surface area contributed by atoms with E-state index in [9.17, 15) is 4.79 Å². The predicted octanol–water partition coefficient (Wildman–Crippen LogP) is 4.60. The summed E-state index contributed by atoms with van der Waals surface area (Å²) in [6.07, 6.45) is 3.86. The summed E-state index contributed by atoms with van der Waals surface area (Å²) in [5.74, 6) is 1.72. The molecule has 2 aromatic carbocycles. The highest BCUT2D eigenvalue weighted by Crippen LogP contribution is 2.30. The van der Waals surface area contributed by atoms with E-state index in [-0.39, 0.29) is 5.91 Å². The van der Waals surface area contributed by atoms with Gasteiger partial charge in [-0.25, -0.2) is 4.98 Å². The standard InChI is InChI=1S/C28H30N4O3/c1-19-14-22(15-20(2)27(19)35-4)21-8-9-26-29-25(18-32(26)17-21)28(33)31-12-10-30(11-13-31)23-6-5-7-24(16-23)34-3/h5-9,14-18H,10-13H2,1-4H3. The van der Waals surface area contributed by atoms with Crippen molar-refractivity contribution in [2.45, 2.75) is 13.8 Å². The van der Waals surface area contributed by atoms with Crippen molar-refractivity contribution in [3.63, 3.8) is 0 Å². The molecule has 1 aliphatic rings. The summed E-state index contributed by atoms with van der Waals surface area (Å²) in [7, 11) is 3.37. The molecule has 4 aromatic rings. The maximum atomic E-state index is 13.2. The van der Waals surface area contributed by atoms with Crippen LogP contribution in [0, 0.1) is 13.8 Å². The second kappa shape index (κ2) is 9.33. The van der Waals surface area contributed by atoms with E-state index in [4.69, 9.17) is 9.47 Å². The fraction of sp³-hybridized carbons (Fsp3) is 0.286. The average molecular weight is 471 g/mol. The van der Waals surface area contributed by atoms with Crippen molar-refractivity contribution in [3.8, 4) is 22.6 Å². The molecule has 2 aromatic heterocycles. The number of piperazine rings is 1. The van der Waals surface area contributed by atoms with Gasteiger partial charge >= 0.3 is 0 Å². The van der Waals surface area contributed by atoms with Crippen molar-refractivity contribution in [1.29, 1.82) is 0 Å². The number of hydrogen-bond acceptors (Lipinski definition) is 5. The Balaban J connectivity index is 1.32. The van der Waals surface area contributed by atoms with Crippen LogP contribution in [0.25, 0.3) is 16.8 Å². The molecule has 0 radical (unpaired) electrons. The Labute approximate surface area is 205 Å². The number of ether oxygens (including phenoxy) is 2. The number of benzene rings is 2. The molecule has 5 rings (SSSR count). The molecule has 180 valence electrons. The molecule has 1 saturated heterocycles. The average Bonchev–Trinajstić information content (AvgIpc) is 3.32. The van der Waals surface area contributed by atoms with Gasteiger partial charge in [-0.3, -0.25) is 4.79 Å². The van der Waals surface area contributed by atoms with Gasteiger partial charge in [0.2, 0.25) is 0 Å². The summed E-state index contributed by atoms with van der Waals surface area (Å²) in [5, 5.41) is 0. The molecule has 0 bridgehead atoms. The van der Waals surface area contributed by atoms with Gasteiger partial charge in [0.15, 0.2) is 0 Å². The molecule has 0 saturated carbocycles. The Bertz CT molecular complexity index is 1360. The van der Waals surface area contributed by atoms with Crippen LogP contribution in [0.1, 0.15) is 21.6 Å². The van der Waals surface area contributed by atoms with Gasteiger partial charge in [0.25, 0.3) is 5.91 Å². The van der Waals surface area contributed by atoms with Crippen LogP contribution in [0.2, 0.25) is 0 Å². The lowest BCUT2D eigenvalue weighted by Gasteiger charge is -2.35. The highest BCUT2D eigenvalue weighted by Gasteiger charge is 2.24. The lowest BCUT2D eigenvalue weighted by atomic mass is 10.0. The number of carbonyl (C=O) groups excluding carboxylic acids is 1. The molecule has 0 N–H and O–H groups in total. The van der Waals surface area contributed by atoms with Crippen molar-refractivity contribution in [1.82, 2.24) is 14.3 Å². The van der Waals surface area contributed by atoms with Gasteiger partial charge in [0.1, 0.15) is 22.8 Å². The van der Waals surface area contributed by atoms with E-state index in [1.54, 1.807) is 14.2 Å². The molecule has 7 nitrogen and oxygen atoms in total. The van der Waals surface area contributed by atoms with Crippen molar-refractivity contribution in [2.24, 2.45) is 0 Å².